The molecule has 2 saturated carbocycles. The minimum Gasteiger partial charge on any atom is -0.497 e. The van der Waals surface area contributed by atoms with Crippen LogP contribution in [0.15, 0.2) is 71.3 Å². The van der Waals surface area contributed by atoms with Crippen LogP contribution < -0.4 is 25.4 Å². The van der Waals surface area contributed by atoms with Crippen molar-refractivity contribution < 1.29 is 38.1 Å². The molecule has 0 spiro atoms. The SMILES string of the molecule is COc1ccc2c(OC3C[C@H]4C(=O)N[C@]5(P(=O)(O)Cc6ccccc6Cl)CC5=C=CCCCCC[C@H](NC(=O)OC5CCCC5)C(=O)N4C3)cc(-c3csc(NC(C)C)n3)nc2c1. The molecule has 4 N–H and O–H groups in total. The Morgan fingerprint density at radius 2 is 1.86 bits per heavy atom. The molecule has 14 nitrogen and oxygen atoms in total. The molecule has 2 aromatic heterocycles. The van der Waals surface area contributed by atoms with Gasteiger partial charge in [0.05, 0.1) is 31.0 Å². The first-order valence-electron chi connectivity index (χ1n) is 21.8. The first-order valence-corrected chi connectivity index (χ1v) is 24.9. The summed E-state index contributed by atoms with van der Waals surface area (Å²) in [6, 6.07) is 12.2. The van der Waals surface area contributed by atoms with Gasteiger partial charge in [-0.25, -0.2) is 14.8 Å². The molecule has 2 aliphatic heterocycles. The van der Waals surface area contributed by atoms with Gasteiger partial charge in [-0.1, -0.05) is 42.6 Å². The third kappa shape index (κ3) is 10.1. The van der Waals surface area contributed by atoms with E-state index in [2.05, 4.69) is 21.7 Å². The summed E-state index contributed by atoms with van der Waals surface area (Å²) in [5.41, 5.74) is 6.03. The van der Waals surface area contributed by atoms with Crippen molar-refractivity contribution >= 4 is 64.2 Å². The van der Waals surface area contributed by atoms with E-state index in [9.17, 15) is 23.8 Å². The summed E-state index contributed by atoms with van der Waals surface area (Å²) < 4.78 is 32.7. The van der Waals surface area contributed by atoms with Crippen molar-refractivity contribution in [3.63, 3.8) is 0 Å². The molecule has 4 aliphatic rings. The minimum absolute atomic E-state index is 0.00670. The lowest BCUT2D eigenvalue weighted by Gasteiger charge is -2.31. The van der Waals surface area contributed by atoms with Gasteiger partial charge in [0.15, 0.2) is 10.4 Å². The summed E-state index contributed by atoms with van der Waals surface area (Å²) in [7, 11) is -2.66. The normalized spacial score (nSPS) is 24.1. The second kappa shape index (κ2) is 19.1. The summed E-state index contributed by atoms with van der Waals surface area (Å²) in [6.45, 7) is 4.07. The fraction of sp³-hybridized carbons (Fsp3) is 0.478. The van der Waals surface area contributed by atoms with Crippen molar-refractivity contribution in [3.8, 4) is 22.9 Å². The Labute approximate surface area is 376 Å². The molecule has 334 valence electrons. The largest absolute Gasteiger partial charge is 0.497 e. The van der Waals surface area contributed by atoms with Crippen molar-refractivity contribution in [2.24, 2.45) is 0 Å². The number of carbonyl (C=O) groups excluding carboxylic acids is 3. The van der Waals surface area contributed by atoms with Crippen molar-refractivity contribution in [3.05, 3.63) is 81.9 Å². The molecule has 2 unspecified atom stereocenters. The number of nitrogens with one attached hydrogen (secondary N) is 3. The average Bonchev–Trinajstić information content (AvgIpc) is 3.66. The Morgan fingerprint density at radius 3 is 2.63 bits per heavy atom. The lowest BCUT2D eigenvalue weighted by Crippen LogP contribution is -2.55. The summed E-state index contributed by atoms with van der Waals surface area (Å²) >= 11 is 7.94. The number of amides is 3. The van der Waals surface area contributed by atoms with Crippen LogP contribution in [-0.2, 0) is 25.1 Å². The number of ether oxygens (including phenoxy) is 3. The van der Waals surface area contributed by atoms with Crippen LogP contribution >= 0.6 is 30.3 Å². The second-order valence-corrected chi connectivity index (χ2v) is 20.9. The molecule has 17 heteroatoms. The highest BCUT2D eigenvalue weighted by atomic mass is 35.5. The zero-order valence-electron chi connectivity index (χ0n) is 35.7. The van der Waals surface area contributed by atoms with Gasteiger partial charge in [0, 0.05) is 52.4 Å². The predicted octanol–water partition coefficient (Wildman–Crippen LogP) is 8.96. The first-order chi connectivity index (χ1) is 30.3. The van der Waals surface area contributed by atoms with Crippen LogP contribution in [0, 0.1) is 0 Å². The van der Waals surface area contributed by atoms with Gasteiger partial charge in [0.1, 0.15) is 41.5 Å². The van der Waals surface area contributed by atoms with Crippen molar-refractivity contribution in [1.82, 2.24) is 25.5 Å². The predicted molar refractivity (Wildman–Crippen MR) is 244 cm³/mol. The van der Waals surface area contributed by atoms with Crippen LogP contribution in [0.25, 0.3) is 22.3 Å². The fourth-order valence-corrected chi connectivity index (χ4v) is 12.1. The molecule has 1 saturated heterocycles. The highest BCUT2D eigenvalue weighted by molar-refractivity contribution is 7.59. The van der Waals surface area contributed by atoms with Crippen molar-refractivity contribution in [1.29, 1.82) is 0 Å². The third-order valence-corrected chi connectivity index (χ3v) is 15.8. The quantitative estimate of drug-likeness (QED) is 0.0833. The molecular formula is C46H54ClN6O8PS. The number of halogens is 1. The summed E-state index contributed by atoms with van der Waals surface area (Å²) in [5.74, 6) is -0.00254. The second-order valence-electron chi connectivity index (χ2n) is 17.2. The Bertz CT molecular complexity index is 2490. The summed E-state index contributed by atoms with van der Waals surface area (Å²) in [5, 5.41) is 11.3. The van der Waals surface area contributed by atoms with Gasteiger partial charge >= 0.3 is 6.09 Å². The van der Waals surface area contributed by atoms with Crippen LogP contribution in [0.4, 0.5) is 9.93 Å². The topological polar surface area (TPSA) is 181 Å². The summed E-state index contributed by atoms with van der Waals surface area (Å²) in [6.07, 6.45) is 6.77. The Balaban J connectivity index is 1.14. The van der Waals surface area contributed by atoms with Gasteiger partial charge in [0.25, 0.3) is 0 Å². The minimum atomic E-state index is -4.24. The number of pyridine rings is 1. The van der Waals surface area contributed by atoms with E-state index >= 15 is 0 Å². The van der Waals surface area contributed by atoms with E-state index in [0.717, 1.165) is 43.7 Å². The zero-order chi connectivity index (χ0) is 44.3. The number of hydrogen-bond donors (Lipinski definition) is 4. The number of anilines is 1. The van der Waals surface area contributed by atoms with E-state index in [1.54, 1.807) is 31.4 Å². The maximum atomic E-state index is 14.9. The number of aromatic nitrogens is 2. The van der Waals surface area contributed by atoms with Crippen LogP contribution in [0.2, 0.25) is 5.02 Å². The highest BCUT2D eigenvalue weighted by Crippen LogP contribution is 2.70. The van der Waals surface area contributed by atoms with Gasteiger partial charge < -0.3 is 40.0 Å². The molecule has 3 fully saturated rings. The number of alkyl carbamates (subject to hydrolysis) is 1. The molecule has 0 bridgehead atoms. The average molecular weight is 917 g/mol. The molecule has 8 rings (SSSR count). The Hall–Kier alpha value is -4.91. The van der Waals surface area contributed by atoms with E-state index in [1.807, 2.05) is 49.6 Å². The van der Waals surface area contributed by atoms with E-state index in [1.165, 1.54) is 16.2 Å². The molecule has 5 atom stereocenters. The van der Waals surface area contributed by atoms with Crippen LogP contribution in [0.5, 0.6) is 11.5 Å². The number of methoxy groups -OCH3 is 1. The molecule has 63 heavy (non-hydrogen) atoms. The highest BCUT2D eigenvalue weighted by Gasteiger charge is 2.64. The number of benzene rings is 2. The van der Waals surface area contributed by atoms with E-state index in [-0.39, 0.29) is 37.7 Å². The molecule has 0 radical (unpaired) electrons. The summed E-state index contributed by atoms with van der Waals surface area (Å²) in [4.78, 5) is 66.1. The molecule has 3 amide bonds. The Morgan fingerprint density at radius 1 is 1.06 bits per heavy atom. The van der Waals surface area contributed by atoms with Crippen LogP contribution in [0.3, 0.4) is 0 Å². The van der Waals surface area contributed by atoms with Gasteiger partial charge in [-0.15, -0.1) is 17.1 Å². The van der Waals surface area contributed by atoms with E-state index < -0.39 is 48.7 Å². The molecule has 2 aliphatic carbocycles. The Kier molecular flexibility index (Phi) is 13.5. The number of rotatable bonds is 11. The standard InChI is InChI=1S/C46H54ClN6O8PS/c1-28(2)48-44-50-39(27-63-44)38-23-41(34-20-19-32(59-3)21-37(34)49-38)60-33-22-40-42(54)52-46(62(57,58)26-29-13-9-12-17-35(29)47)24-30(46)14-7-5-4-6-8-18-36(43(55)53(40)25-33)51-45(56)61-31-15-10-11-16-31/h7,9,12-13,17,19-21,23,27-28,31,33,36,40H,4-6,8,10-11,15-16,18,22,24-26H2,1-3H3,(H,48,50)(H,51,56)(H,52,54)(H,57,58)/t14?,33?,36-,40-,46-/m0/s1. The number of hydrogen-bond acceptors (Lipinski definition) is 11. The van der Waals surface area contributed by atoms with Gasteiger partial charge in [0.2, 0.25) is 19.2 Å². The maximum Gasteiger partial charge on any atom is 0.408 e. The van der Waals surface area contributed by atoms with Crippen LogP contribution in [-0.4, -0.2) is 86.9 Å². The number of thiazole rings is 1. The first kappa shape index (κ1) is 44.7. The fourth-order valence-electron chi connectivity index (χ4n) is 8.75. The molecular weight excluding hydrogens is 863 g/mol. The van der Waals surface area contributed by atoms with Gasteiger partial charge in [-0.2, -0.15) is 0 Å². The number of nitrogens with zero attached hydrogens (tertiary/aromatic N) is 3. The van der Waals surface area contributed by atoms with E-state index in [4.69, 9.17) is 35.8 Å². The monoisotopic (exact) mass is 916 g/mol. The molecule has 4 aromatic rings. The third-order valence-electron chi connectivity index (χ3n) is 12.2. The van der Waals surface area contributed by atoms with Gasteiger partial charge in [-0.05, 0) is 88.6 Å². The van der Waals surface area contributed by atoms with E-state index in [0.29, 0.717) is 69.2 Å². The molecule has 4 heterocycles. The molecule has 2 aromatic carbocycles. The lowest BCUT2D eigenvalue weighted by atomic mass is 10.1. The van der Waals surface area contributed by atoms with Crippen molar-refractivity contribution in [2.75, 3.05) is 19.0 Å². The smallest absolute Gasteiger partial charge is 0.408 e. The van der Waals surface area contributed by atoms with Gasteiger partial charge in [-0.3, -0.25) is 14.2 Å². The van der Waals surface area contributed by atoms with Crippen LogP contribution in [0.1, 0.15) is 90.0 Å². The van der Waals surface area contributed by atoms with Crippen molar-refractivity contribution in [2.45, 2.75) is 126 Å². The lowest BCUT2D eigenvalue weighted by molar-refractivity contribution is -0.140. The number of fused-ring (bicyclic) bond motifs is 3. The maximum absolute atomic E-state index is 14.9. The number of carbonyl (C=O) groups is 3. The zero-order valence-corrected chi connectivity index (χ0v) is 38.2.